The molecule has 1 aliphatic rings. The number of nitrogens with two attached hydrogens (primary N) is 1. The van der Waals surface area contributed by atoms with Crippen LogP contribution in [0.2, 0.25) is 5.02 Å². The van der Waals surface area contributed by atoms with E-state index in [2.05, 4.69) is 10.3 Å². The van der Waals surface area contributed by atoms with Gasteiger partial charge in [0.15, 0.2) is 0 Å². The number of carboxylic acid groups (broad SMARTS) is 1. The highest BCUT2D eigenvalue weighted by molar-refractivity contribution is 6.31. The van der Waals surface area contributed by atoms with Crippen LogP contribution in [0.25, 0.3) is 10.9 Å². The van der Waals surface area contributed by atoms with Crippen LogP contribution in [0, 0.1) is 5.92 Å². The number of aromatic nitrogens is 1. The van der Waals surface area contributed by atoms with Gasteiger partial charge >= 0.3 is 6.09 Å². The van der Waals surface area contributed by atoms with Crippen molar-refractivity contribution in [2.24, 2.45) is 11.7 Å². The lowest BCUT2D eigenvalue weighted by Gasteiger charge is -2.46. The van der Waals surface area contributed by atoms with Crippen molar-refractivity contribution in [3.63, 3.8) is 0 Å². The van der Waals surface area contributed by atoms with Crippen molar-refractivity contribution in [3.05, 3.63) is 35.0 Å². The van der Waals surface area contributed by atoms with E-state index in [0.29, 0.717) is 23.6 Å². The highest BCUT2D eigenvalue weighted by Gasteiger charge is 2.43. The molecule has 30 heavy (non-hydrogen) atoms. The number of hydrogen-bond donors (Lipinski definition) is 4. The Morgan fingerprint density at radius 3 is 2.53 bits per heavy atom. The third-order valence-corrected chi connectivity index (χ3v) is 5.86. The first kappa shape index (κ1) is 22.0. The average molecular weight is 435 g/mol. The molecule has 162 valence electrons. The minimum Gasteiger partial charge on any atom is -0.465 e. The van der Waals surface area contributed by atoms with Crippen LogP contribution in [0.5, 0.6) is 0 Å². The number of amides is 3. The predicted octanol–water partition coefficient (Wildman–Crippen LogP) is 3.35. The average Bonchev–Trinajstić information content (AvgIpc) is 3.04. The molecular formula is C21H27ClN4O4. The van der Waals surface area contributed by atoms with E-state index in [0.717, 1.165) is 10.9 Å². The Labute approximate surface area is 179 Å². The molecule has 3 amide bonds. The summed E-state index contributed by atoms with van der Waals surface area (Å²) in [5.74, 6) is -1.21. The standard InChI is InChI=1S/C21H27ClN4O4/c1-21(2,3)26(20(29)30)17-10-11(18(23)27)4-6-15(17)25-19(28)16-9-12-8-13(22)5-7-14(12)24-16/h5,7-9,11,15,17,24H,4,6,10H2,1-3H3,(H2,23,27)(H,25,28)(H,29,30)/t11-,15-,17+/m0/s1. The Morgan fingerprint density at radius 1 is 1.23 bits per heavy atom. The lowest BCUT2D eigenvalue weighted by Crippen LogP contribution is -2.61. The van der Waals surface area contributed by atoms with Gasteiger partial charge in [-0.25, -0.2) is 4.79 Å². The van der Waals surface area contributed by atoms with E-state index >= 15 is 0 Å². The van der Waals surface area contributed by atoms with Crippen LogP contribution in [0.15, 0.2) is 24.3 Å². The van der Waals surface area contributed by atoms with Crippen molar-refractivity contribution < 1.29 is 19.5 Å². The molecule has 1 heterocycles. The van der Waals surface area contributed by atoms with E-state index in [1.165, 1.54) is 4.90 Å². The molecule has 0 unspecified atom stereocenters. The molecule has 8 nitrogen and oxygen atoms in total. The normalized spacial score (nSPS) is 21.9. The van der Waals surface area contributed by atoms with Crippen molar-refractivity contribution in [2.75, 3.05) is 0 Å². The van der Waals surface area contributed by atoms with Crippen LogP contribution in [-0.2, 0) is 4.79 Å². The molecule has 1 aliphatic carbocycles. The highest BCUT2D eigenvalue weighted by Crippen LogP contribution is 2.32. The lowest BCUT2D eigenvalue weighted by molar-refractivity contribution is -0.123. The molecule has 3 atom stereocenters. The number of primary amides is 1. The van der Waals surface area contributed by atoms with Gasteiger partial charge in [0.2, 0.25) is 5.91 Å². The zero-order valence-corrected chi connectivity index (χ0v) is 18.0. The summed E-state index contributed by atoms with van der Waals surface area (Å²) < 4.78 is 0. The fourth-order valence-corrected chi connectivity index (χ4v) is 4.44. The fraction of sp³-hybridized carbons (Fsp3) is 0.476. The van der Waals surface area contributed by atoms with E-state index in [9.17, 15) is 19.5 Å². The largest absolute Gasteiger partial charge is 0.465 e. The maximum atomic E-state index is 12.9. The molecular weight excluding hydrogens is 408 g/mol. The molecule has 1 aromatic heterocycles. The maximum Gasteiger partial charge on any atom is 0.408 e. The van der Waals surface area contributed by atoms with Gasteiger partial charge in [0.25, 0.3) is 5.91 Å². The summed E-state index contributed by atoms with van der Waals surface area (Å²) in [6.07, 6.45) is 0.121. The Hall–Kier alpha value is -2.74. The number of benzene rings is 1. The molecule has 0 aliphatic heterocycles. The number of aromatic amines is 1. The number of hydrogen-bond acceptors (Lipinski definition) is 3. The van der Waals surface area contributed by atoms with Gasteiger partial charge in [0.1, 0.15) is 5.69 Å². The summed E-state index contributed by atoms with van der Waals surface area (Å²) in [4.78, 5) is 41.1. The number of carbonyl (C=O) groups is 3. The zero-order chi connectivity index (χ0) is 22.2. The first-order valence-electron chi connectivity index (χ1n) is 9.88. The first-order chi connectivity index (χ1) is 14.0. The van der Waals surface area contributed by atoms with E-state index in [1.807, 2.05) is 0 Å². The second kappa shape index (κ2) is 8.18. The molecule has 1 saturated carbocycles. The summed E-state index contributed by atoms with van der Waals surface area (Å²) in [5, 5.41) is 14.2. The summed E-state index contributed by atoms with van der Waals surface area (Å²) in [7, 11) is 0. The quantitative estimate of drug-likeness (QED) is 0.588. The minimum absolute atomic E-state index is 0.270. The number of carbonyl (C=O) groups excluding carboxylic acids is 2. The van der Waals surface area contributed by atoms with Gasteiger partial charge in [-0.05, 0) is 64.3 Å². The van der Waals surface area contributed by atoms with Gasteiger partial charge in [0, 0.05) is 33.4 Å². The Morgan fingerprint density at radius 2 is 1.93 bits per heavy atom. The second-order valence-electron chi connectivity index (χ2n) is 8.80. The smallest absolute Gasteiger partial charge is 0.408 e. The van der Waals surface area contributed by atoms with Crippen LogP contribution < -0.4 is 11.1 Å². The Bertz CT molecular complexity index is 981. The van der Waals surface area contributed by atoms with Crippen LogP contribution in [-0.4, -0.2) is 50.5 Å². The molecule has 0 saturated heterocycles. The molecule has 1 fully saturated rings. The minimum atomic E-state index is -1.10. The predicted molar refractivity (Wildman–Crippen MR) is 115 cm³/mol. The van der Waals surface area contributed by atoms with Crippen LogP contribution >= 0.6 is 11.6 Å². The summed E-state index contributed by atoms with van der Waals surface area (Å²) in [6.45, 7) is 5.36. The molecule has 0 spiro atoms. The van der Waals surface area contributed by atoms with Crippen molar-refractivity contribution in [3.8, 4) is 0 Å². The number of fused-ring (bicyclic) bond motifs is 1. The summed E-state index contributed by atoms with van der Waals surface area (Å²) >= 11 is 6.02. The van der Waals surface area contributed by atoms with Crippen molar-refractivity contribution in [1.82, 2.24) is 15.2 Å². The molecule has 0 bridgehead atoms. The monoisotopic (exact) mass is 434 g/mol. The first-order valence-corrected chi connectivity index (χ1v) is 10.3. The van der Waals surface area contributed by atoms with Crippen LogP contribution in [0.3, 0.4) is 0 Å². The van der Waals surface area contributed by atoms with Crippen LogP contribution in [0.4, 0.5) is 4.79 Å². The number of halogens is 1. The number of H-pyrrole nitrogens is 1. The van der Waals surface area contributed by atoms with Crippen molar-refractivity contribution in [1.29, 1.82) is 0 Å². The fourth-order valence-electron chi connectivity index (χ4n) is 4.26. The maximum absolute atomic E-state index is 12.9. The van der Waals surface area contributed by atoms with Gasteiger partial charge in [-0.15, -0.1) is 0 Å². The molecule has 2 aromatic rings. The highest BCUT2D eigenvalue weighted by atomic mass is 35.5. The second-order valence-corrected chi connectivity index (χ2v) is 9.23. The van der Waals surface area contributed by atoms with Gasteiger partial charge in [-0.3, -0.25) is 14.5 Å². The molecule has 3 rings (SSSR count). The molecule has 9 heteroatoms. The van der Waals surface area contributed by atoms with Crippen LogP contribution in [0.1, 0.15) is 50.5 Å². The lowest BCUT2D eigenvalue weighted by atomic mass is 9.79. The number of nitrogens with one attached hydrogen (secondary N) is 2. The van der Waals surface area contributed by atoms with Gasteiger partial charge in [-0.2, -0.15) is 0 Å². The Balaban J connectivity index is 1.87. The van der Waals surface area contributed by atoms with E-state index in [4.69, 9.17) is 17.3 Å². The number of nitrogens with zero attached hydrogens (tertiary/aromatic N) is 1. The van der Waals surface area contributed by atoms with Gasteiger partial charge in [0.05, 0.1) is 6.04 Å². The van der Waals surface area contributed by atoms with Crippen molar-refractivity contribution >= 4 is 40.4 Å². The van der Waals surface area contributed by atoms with E-state index in [-0.39, 0.29) is 12.3 Å². The Kier molecular flexibility index (Phi) is 5.99. The van der Waals surface area contributed by atoms with Gasteiger partial charge in [-0.1, -0.05) is 11.6 Å². The van der Waals surface area contributed by atoms with E-state index in [1.54, 1.807) is 45.0 Å². The summed E-state index contributed by atoms with van der Waals surface area (Å²) in [6, 6.07) is 5.98. The van der Waals surface area contributed by atoms with Crippen molar-refractivity contribution in [2.45, 2.75) is 57.7 Å². The molecule has 0 radical (unpaired) electrons. The number of rotatable bonds is 4. The third-order valence-electron chi connectivity index (χ3n) is 5.62. The topological polar surface area (TPSA) is 129 Å². The zero-order valence-electron chi connectivity index (χ0n) is 17.2. The SMILES string of the molecule is CC(C)(C)N(C(=O)O)[C@@H]1C[C@@H](C(N)=O)CC[C@@H]1NC(=O)c1cc2cc(Cl)ccc2[nH]1. The molecule has 1 aromatic carbocycles. The third kappa shape index (κ3) is 4.53. The van der Waals surface area contributed by atoms with Gasteiger partial charge < -0.3 is 21.1 Å². The summed E-state index contributed by atoms with van der Waals surface area (Å²) in [5.41, 5.74) is 5.93. The van der Waals surface area contributed by atoms with E-state index < -0.39 is 35.5 Å². The molecule has 5 N–H and O–H groups in total.